The lowest BCUT2D eigenvalue weighted by Crippen LogP contribution is -2.36. The van der Waals surface area contributed by atoms with Gasteiger partial charge in [0.2, 0.25) is 0 Å². The quantitative estimate of drug-likeness (QED) is 0.818. The van der Waals surface area contributed by atoms with Crippen molar-refractivity contribution in [3.63, 3.8) is 0 Å². The number of likely N-dealkylation sites (tertiary alicyclic amines) is 1. The molecule has 1 aliphatic rings. The lowest BCUT2D eigenvalue weighted by atomic mass is 9.98. The zero-order valence-electron chi connectivity index (χ0n) is 14.1. The smallest absolute Gasteiger partial charge is 0.125 e. The highest BCUT2D eigenvalue weighted by Gasteiger charge is 2.21. The first kappa shape index (κ1) is 16.1. The van der Waals surface area contributed by atoms with E-state index >= 15 is 0 Å². The van der Waals surface area contributed by atoms with Crippen LogP contribution < -0.4 is 0 Å². The molecule has 0 saturated carbocycles. The first-order chi connectivity index (χ1) is 11.2. The number of aromatic nitrogens is 5. The molecule has 6 heteroatoms. The van der Waals surface area contributed by atoms with Gasteiger partial charge in [0.15, 0.2) is 0 Å². The third kappa shape index (κ3) is 4.58. The molecule has 0 amide bonds. The summed E-state index contributed by atoms with van der Waals surface area (Å²) >= 11 is 0. The molecular weight excluding hydrogens is 288 g/mol. The molecule has 1 atom stereocenters. The summed E-state index contributed by atoms with van der Waals surface area (Å²) in [5.41, 5.74) is 2.30. The van der Waals surface area contributed by atoms with Gasteiger partial charge in [-0.05, 0) is 38.6 Å². The van der Waals surface area contributed by atoms with Crippen LogP contribution in [0.25, 0.3) is 0 Å². The second-order valence-electron chi connectivity index (χ2n) is 6.56. The van der Waals surface area contributed by atoms with Crippen LogP contribution in [-0.4, -0.2) is 43.0 Å². The Labute approximate surface area is 137 Å². The van der Waals surface area contributed by atoms with E-state index < -0.39 is 0 Å². The number of hydrogen-bond acceptors (Lipinski definition) is 5. The van der Waals surface area contributed by atoms with E-state index in [2.05, 4.69) is 38.3 Å². The molecular formula is C17H26N6. The third-order valence-electron chi connectivity index (χ3n) is 4.38. The minimum absolute atomic E-state index is 0.645. The van der Waals surface area contributed by atoms with Crippen molar-refractivity contribution in [1.82, 2.24) is 29.9 Å². The number of nitrogens with zero attached hydrogens (tertiary/aromatic N) is 6. The predicted molar refractivity (Wildman–Crippen MR) is 88.8 cm³/mol. The summed E-state index contributed by atoms with van der Waals surface area (Å²) < 4.78 is 2.02. The van der Waals surface area contributed by atoms with Gasteiger partial charge in [0.1, 0.15) is 5.82 Å². The van der Waals surface area contributed by atoms with E-state index in [-0.39, 0.29) is 0 Å². The van der Waals surface area contributed by atoms with Crippen LogP contribution in [0.1, 0.15) is 43.3 Å². The molecule has 1 fully saturated rings. The van der Waals surface area contributed by atoms with Crippen molar-refractivity contribution in [2.75, 3.05) is 13.1 Å². The van der Waals surface area contributed by atoms with Crippen molar-refractivity contribution >= 4 is 0 Å². The summed E-state index contributed by atoms with van der Waals surface area (Å²) in [6.45, 7) is 8.27. The van der Waals surface area contributed by atoms with Crippen molar-refractivity contribution in [3.8, 4) is 0 Å². The molecule has 0 unspecified atom stereocenters. The molecule has 0 spiro atoms. The number of hydrogen-bond donors (Lipinski definition) is 0. The summed E-state index contributed by atoms with van der Waals surface area (Å²) in [4.78, 5) is 11.1. The second kappa shape index (κ2) is 7.64. The summed E-state index contributed by atoms with van der Waals surface area (Å²) in [6, 6.07) is 0. The van der Waals surface area contributed by atoms with Gasteiger partial charge >= 0.3 is 0 Å². The molecule has 1 saturated heterocycles. The monoisotopic (exact) mass is 314 g/mol. The van der Waals surface area contributed by atoms with Crippen molar-refractivity contribution in [1.29, 1.82) is 0 Å². The summed E-state index contributed by atoms with van der Waals surface area (Å²) in [6.07, 6.45) is 10.6. The predicted octanol–water partition coefficient (Wildman–Crippen LogP) is 2.24. The molecule has 2 aromatic heterocycles. The van der Waals surface area contributed by atoms with Gasteiger partial charge in [0.25, 0.3) is 0 Å². The maximum atomic E-state index is 4.29. The Kier molecular flexibility index (Phi) is 5.33. The Balaban J connectivity index is 1.54. The fourth-order valence-corrected chi connectivity index (χ4v) is 3.27. The molecule has 124 valence electrons. The fourth-order valence-electron chi connectivity index (χ4n) is 3.27. The topological polar surface area (TPSA) is 59.7 Å². The van der Waals surface area contributed by atoms with Crippen LogP contribution >= 0.6 is 0 Å². The van der Waals surface area contributed by atoms with Gasteiger partial charge in [-0.15, -0.1) is 5.10 Å². The normalized spacial score (nSPS) is 19.1. The van der Waals surface area contributed by atoms with Crippen molar-refractivity contribution in [3.05, 3.63) is 35.7 Å². The first-order valence-electron chi connectivity index (χ1n) is 8.62. The largest absolute Gasteiger partial charge is 0.299 e. The van der Waals surface area contributed by atoms with E-state index in [0.717, 1.165) is 50.5 Å². The molecule has 0 aromatic carbocycles. The molecule has 0 radical (unpaired) electrons. The molecule has 1 aliphatic heterocycles. The second-order valence-corrected chi connectivity index (χ2v) is 6.56. The summed E-state index contributed by atoms with van der Waals surface area (Å²) in [5.74, 6) is 1.48. The minimum atomic E-state index is 0.645. The van der Waals surface area contributed by atoms with Crippen LogP contribution in [0.5, 0.6) is 0 Å². The van der Waals surface area contributed by atoms with Crippen LogP contribution in [-0.2, 0) is 19.5 Å². The van der Waals surface area contributed by atoms with Gasteiger partial charge in [-0.3, -0.25) is 9.58 Å². The van der Waals surface area contributed by atoms with E-state index in [4.69, 9.17) is 0 Å². The van der Waals surface area contributed by atoms with E-state index in [1.165, 1.54) is 18.4 Å². The number of aryl methyl sites for hydroxylation is 2. The SMILES string of the molecule is CCCc1cn(C[C@H]2CCCN(Cc3cnc(C)nc3)C2)nn1. The van der Waals surface area contributed by atoms with Gasteiger partial charge in [-0.1, -0.05) is 18.6 Å². The van der Waals surface area contributed by atoms with Gasteiger partial charge in [-0.25, -0.2) is 9.97 Å². The molecule has 3 rings (SSSR count). The van der Waals surface area contributed by atoms with Crippen LogP contribution in [0.3, 0.4) is 0 Å². The van der Waals surface area contributed by atoms with E-state index in [9.17, 15) is 0 Å². The van der Waals surface area contributed by atoms with Crippen molar-refractivity contribution in [2.24, 2.45) is 5.92 Å². The standard InChI is InChI=1S/C17H26N6/c1-3-5-17-13-23(21-20-17)12-15-6-4-7-22(10-15)11-16-8-18-14(2)19-9-16/h8-9,13,15H,3-7,10-12H2,1-2H3/t15-/m0/s1. The maximum absolute atomic E-state index is 4.29. The zero-order valence-corrected chi connectivity index (χ0v) is 14.1. The number of rotatable bonds is 6. The van der Waals surface area contributed by atoms with Gasteiger partial charge in [0, 0.05) is 43.8 Å². The molecule has 6 nitrogen and oxygen atoms in total. The maximum Gasteiger partial charge on any atom is 0.125 e. The zero-order chi connectivity index (χ0) is 16.1. The number of piperidine rings is 1. The highest BCUT2D eigenvalue weighted by molar-refractivity contribution is 5.04. The Hall–Kier alpha value is -1.82. The Morgan fingerprint density at radius 1 is 1.26 bits per heavy atom. The van der Waals surface area contributed by atoms with Crippen LogP contribution in [0.2, 0.25) is 0 Å². The van der Waals surface area contributed by atoms with E-state index in [1.54, 1.807) is 0 Å². The van der Waals surface area contributed by atoms with E-state index in [1.807, 2.05) is 24.0 Å². The van der Waals surface area contributed by atoms with Crippen LogP contribution in [0.4, 0.5) is 0 Å². The summed E-state index contributed by atoms with van der Waals surface area (Å²) in [7, 11) is 0. The Morgan fingerprint density at radius 2 is 2.09 bits per heavy atom. The highest BCUT2D eigenvalue weighted by atomic mass is 15.4. The fraction of sp³-hybridized carbons (Fsp3) is 0.647. The van der Waals surface area contributed by atoms with Crippen molar-refractivity contribution < 1.29 is 0 Å². The third-order valence-corrected chi connectivity index (χ3v) is 4.38. The molecule has 0 aliphatic carbocycles. The lowest BCUT2D eigenvalue weighted by Gasteiger charge is -2.32. The molecule has 3 heterocycles. The minimum Gasteiger partial charge on any atom is -0.299 e. The first-order valence-corrected chi connectivity index (χ1v) is 8.62. The molecule has 0 bridgehead atoms. The molecule has 2 aromatic rings. The van der Waals surface area contributed by atoms with Gasteiger partial charge < -0.3 is 0 Å². The van der Waals surface area contributed by atoms with E-state index in [0.29, 0.717) is 5.92 Å². The van der Waals surface area contributed by atoms with Gasteiger partial charge in [-0.2, -0.15) is 0 Å². The molecule has 0 N–H and O–H groups in total. The molecule has 23 heavy (non-hydrogen) atoms. The Bertz CT molecular complexity index is 606. The Morgan fingerprint density at radius 3 is 2.87 bits per heavy atom. The van der Waals surface area contributed by atoms with Gasteiger partial charge in [0.05, 0.1) is 5.69 Å². The van der Waals surface area contributed by atoms with Crippen LogP contribution in [0, 0.1) is 12.8 Å². The average molecular weight is 314 g/mol. The lowest BCUT2D eigenvalue weighted by molar-refractivity contribution is 0.152. The van der Waals surface area contributed by atoms with Crippen LogP contribution in [0.15, 0.2) is 18.6 Å². The highest BCUT2D eigenvalue weighted by Crippen LogP contribution is 2.19. The average Bonchev–Trinajstić information content (AvgIpc) is 2.98. The van der Waals surface area contributed by atoms with Crippen molar-refractivity contribution in [2.45, 2.75) is 52.6 Å². The summed E-state index contributed by atoms with van der Waals surface area (Å²) in [5, 5.41) is 8.53.